The number of carbonyl (C=O) groups excluding carboxylic acids is 1. The molecule has 0 fully saturated rings. The second-order valence-corrected chi connectivity index (χ2v) is 6.85. The van der Waals surface area contributed by atoms with E-state index >= 15 is 0 Å². The third-order valence-corrected chi connectivity index (χ3v) is 4.62. The van der Waals surface area contributed by atoms with Gasteiger partial charge in [0.25, 0.3) is 0 Å². The van der Waals surface area contributed by atoms with Crippen molar-refractivity contribution < 1.29 is 9.53 Å². The minimum atomic E-state index is -0.363. The van der Waals surface area contributed by atoms with Crippen LogP contribution in [0.2, 0.25) is 0 Å². The maximum absolute atomic E-state index is 11.7. The minimum Gasteiger partial charge on any atom is -0.463 e. The Bertz CT molecular complexity index is 875. The Labute approximate surface area is 139 Å². The SMILES string of the molecule is CCOC(=O)/C=c1\[nH]c(=S)s\c1=C/c1cc(C)c(C)cc1C. The molecular formula is C17H19NO2S2. The number of nitrogens with one attached hydrogen (secondary N) is 1. The molecule has 0 aliphatic heterocycles. The summed E-state index contributed by atoms with van der Waals surface area (Å²) in [7, 11) is 0. The predicted molar refractivity (Wildman–Crippen MR) is 94.1 cm³/mol. The highest BCUT2D eigenvalue weighted by atomic mass is 32.1. The first-order valence-electron chi connectivity index (χ1n) is 7.08. The summed E-state index contributed by atoms with van der Waals surface area (Å²) >= 11 is 6.66. The van der Waals surface area contributed by atoms with Crippen LogP contribution >= 0.6 is 23.6 Å². The van der Waals surface area contributed by atoms with E-state index in [0.29, 0.717) is 15.9 Å². The van der Waals surface area contributed by atoms with Gasteiger partial charge in [-0.05, 0) is 68.2 Å². The van der Waals surface area contributed by atoms with Crippen LogP contribution in [0.3, 0.4) is 0 Å². The van der Waals surface area contributed by atoms with Gasteiger partial charge in [0.05, 0.1) is 16.5 Å². The first kappa shape index (κ1) is 16.6. The molecule has 1 aromatic heterocycles. The van der Waals surface area contributed by atoms with Crippen LogP contribution in [0, 0.1) is 24.7 Å². The largest absolute Gasteiger partial charge is 0.463 e. The number of ether oxygens (including phenoxy) is 1. The van der Waals surface area contributed by atoms with Crippen LogP contribution in [0.15, 0.2) is 12.1 Å². The van der Waals surface area contributed by atoms with E-state index in [9.17, 15) is 4.79 Å². The Kier molecular flexibility index (Phi) is 5.32. The molecule has 0 aliphatic rings. The highest BCUT2D eigenvalue weighted by Gasteiger charge is 2.02. The van der Waals surface area contributed by atoms with Crippen molar-refractivity contribution >= 4 is 41.7 Å². The van der Waals surface area contributed by atoms with Crippen LogP contribution in [-0.2, 0) is 9.53 Å². The molecule has 5 heteroatoms. The van der Waals surface area contributed by atoms with Crippen LogP contribution in [-0.4, -0.2) is 17.6 Å². The molecule has 0 bridgehead atoms. The highest BCUT2D eigenvalue weighted by Crippen LogP contribution is 2.15. The van der Waals surface area contributed by atoms with E-state index in [1.165, 1.54) is 34.1 Å². The number of aryl methyl sites for hydroxylation is 3. The van der Waals surface area contributed by atoms with Gasteiger partial charge in [0.1, 0.15) is 0 Å². The number of esters is 1. The Balaban J connectivity index is 2.61. The number of rotatable bonds is 3. The van der Waals surface area contributed by atoms with Gasteiger partial charge in [-0.2, -0.15) is 0 Å². The van der Waals surface area contributed by atoms with Gasteiger partial charge >= 0.3 is 5.97 Å². The molecule has 0 radical (unpaired) electrons. The maximum Gasteiger partial charge on any atom is 0.332 e. The summed E-state index contributed by atoms with van der Waals surface area (Å²) in [6, 6.07) is 4.32. The fourth-order valence-electron chi connectivity index (χ4n) is 2.15. The van der Waals surface area contributed by atoms with Crippen molar-refractivity contribution in [1.82, 2.24) is 4.98 Å². The molecule has 1 N–H and O–H groups in total. The van der Waals surface area contributed by atoms with E-state index in [1.54, 1.807) is 6.92 Å². The van der Waals surface area contributed by atoms with Gasteiger partial charge in [-0.3, -0.25) is 0 Å². The van der Waals surface area contributed by atoms with Crippen molar-refractivity contribution in [3.8, 4) is 0 Å². The fourth-order valence-corrected chi connectivity index (χ4v) is 3.29. The number of hydrogen-bond acceptors (Lipinski definition) is 4. The molecule has 0 atom stereocenters. The Morgan fingerprint density at radius 2 is 1.95 bits per heavy atom. The summed E-state index contributed by atoms with van der Waals surface area (Å²) in [6.07, 6.45) is 3.52. The molecule has 22 heavy (non-hydrogen) atoms. The van der Waals surface area contributed by atoms with Crippen molar-refractivity contribution in [3.05, 3.63) is 48.2 Å². The molecule has 3 nitrogen and oxygen atoms in total. The van der Waals surface area contributed by atoms with Gasteiger partial charge in [0.2, 0.25) is 0 Å². The molecule has 0 saturated heterocycles. The Morgan fingerprint density at radius 3 is 2.64 bits per heavy atom. The van der Waals surface area contributed by atoms with Gasteiger partial charge in [-0.15, -0.1) is 11.3 Å². The van der Waals surface area contributed by atoms with E-state index in [-0.39, 0.29) is 5.97 Å². The summed E-state index contributed by atoms with van der Waals surface area (Å²) in [5, 5.41) is 0.700. The fraction of sp³-hybridized carbons (Fsp3) is 0.294. The molecular weight excluding hydrogens is 314 g/mol. The molecule has 2 aromatic rings. The van der Waals surface area contributed by atoms with E-state index in [1.807, 2.05) is 0 Å². The standard InChI is InChI=1S/C17H19NO2S2/c1-5-20-16(19)9-14-15(22-17(21)18-14)8-13-7-11(3)10(2)6-12(13)4/h6-9H,5H2,1-4H3,(H,18,21)/b14-9-,15-8-. The van der Waals surface area contributed by atoms with Gasteiger partial charge in [0, 0.05) is 6.08 Å². The number of H-pyrrole nitrogens is 1. The average Bonchev–Trinajstić information content (AvgIpc) is 2.76. The molecule has 0 aliphatic carbocycles. The lowest BCUT2D eigenvalue weighted by molar-refractivity contribution is -0.135. The zero-order chi connectivity index (χ0) is 16.3. The molecule has 2 rings (SSSR count). The summed E-state index contributed by atoms with van der Waals surface area (Å²) in [6.45, 7) is 8.42. The highest BCUT2D eigenvalue weighted by molar-refractivity contribution is 7.73. The Morgan fingerprint density at radius 1 is 1.27 bits per heavy atom. The number of thiazole rings is 1. The molecule has 1 aromatic carbocycles. The summed E-state index contributed by atoms with van der Waals surface area (Å²) in [5.41, 5.74) is 4.85. The smallest absolute Gasteiger partial charge is 0.332 e. The third-order valence-electron chi connectivity index (χ3n) is 3.42. The maximum atomic E-state index is 11.7. The molecule has 0 amide bonds. The van der Waals surface area contributed by atoms with Crippen LogP contribution in [0.5, 0.6) is 0 Å². The van der Waals surface area contributed by atoms with E-state index in [4.69, 9.17) is 17.0 Å². The van der Waals surface area contributed by atoms with E-state index < -0.39 is 0 Å². The topological polar surface area (TPSA) is 42.1 Å². The first-order valence-corrected chi connectivity index (χ1v) is 8.30. The minimum absolute atomic E-state index is 0.357. The van der Waals surface area contributed by atoms with Crippen molar-refractivity contribution in [2.24, 2.45) is 0 Å². The van der Waals surface area contributed by atoms with Crippen molar-refractivity contribution in [2.75, 3.05) is 6.61 Å². The molecule has 116 valence electrons. The van der Waals surface area contributed by atoms with Crippen molar-refractivity contribution in [1.29, 1.82) is 0 Å². The lowest BCUT2D eigenvalue weighted by Gasteiger charge is -2.05. The van der Waals surface area contributed by atoms with E-state index in [2.05, 4.69) is 44.0 Å². The zero-order valence-electron chi connectivity index (χ0n) is 13.1. The number of benzene rings is 1. The van der Waals surface area contributed by atoms with E-state index in [0.717, 1.165) is 10.1 Å². The van der Waals surface area contributed by atoms with Gasteiger partial charge < -0.3 is 9.72 Å². The van der Waals surface area contributed by atoms with Crippen molar-refractivity contribution in [3.63, 3.8) is 0 Å². The molecule has 0 spiro atoms. The third kappa shape index (κ3) is 3.93. The number of aromatic amines is 1. The average molecular weight is 333 g/mol. The Hall–Kier alpha value is -1.72. The van der Waals surface area contributed by atoms with Crippen LogP contribution in [0.25, 0.3) is 12.2 Å². The van der Waals surface area contributed by atoms with Crippen LogP contribution < -0.4 is 9.88 Å². The normalized spacial score (nSPS) is 12.7. The number of aromatic nitrogens is 1. The van der Waals surface area contributed by atoms with Crippen LogP contribution in [0.4, 0.5) is 0 Å². The zero-order valence-corrected chi connectivity index (χ0v) is 14.8. The number of carbonyl (C=O) groups is 1. The predicted octanol–water partition coefficient (Wildman–Crippen LogP) is 2.90. The summed E-state index contributed by atoms with van der Waals surface area (Å²) in [5.74, 6) is -0.363. The quantitative estimate of drug-likeness (QED) is 0.694. The first-order chi connectivity index (χ1) is 10.4. The molecule has 0 saturated carbocycles. The summed E-state index contributed by atoms with van der Waals surface area (Å²) < 4.78 is 6.54. The lowest BCUT2D eigenvalue weighted by atomic mass is 10.0. The van der Waals surface area contributed by atoms with Gasteiger partial charge in [0.15, 0.2) is 3.95 Å². The van der Waals surface area contributed by atoms with Gasteiger partial charge in [-0.1, -0.05) is 12.1 Å². The van der Waals surface area contributed by atoms with Crippen molar-refractivity contribution in [2.45, 2.75) is 27.7 Å². The van der Waals surface area contributed by atoms with Gasteiger partial charge in [-0.25, -0.2) is 4.79 Å². The number of hydrogen-bond donors (Lipinski definition) is 1. The monoisotopic (exact) mass is 333 g/mol. The van der Waals surface area contributed by atoms with Crippen LogP contribution in [0.1, 0.15) is 29.2 Å². The lowest BCUT2D eigenvalue weighted by Crippen LogP contribution is -2.23. The second-order valence-electron chi connectivity index (χ2n) is 5.13. The molecule has 1 heterocycles. The second kappa shape index (κ2) is 7.03. The summed E-state index contributed by atoms with van der Waals surface area (Å²) in [4.78, 5) is 14.7. The molecule has 0 unspecified atom stereocenters.